The minimum Gasteiger partial charge on any atom is -0.393 e. The molecule has 3 rings (SSSR count). The van der Waals surface area contributed by atoms with Crippen molar-refractivity contribution in [1.82, 2.24) is 4.90 Å². The number of aliphatic hydroxyl groups is 1. The van der Waals surface area contributed by atoms with Crippen molar-refractivity contribution in [2.45, 2.75) is 50.3 Å². The third-order valence-corrected chi connectivity index (χ3v) is 5.80. The van der Waals surface area contributed by atoms with Crippen LogP contribution in [0.2, 0.25) is 0 Å². The highest BCUT2D eigenvalue weighted by Gasteiger charge is 2.47. The Morgan fingerprint density at radius 3 is 2.94 bits per heavy atom. The first-order valence-electron chi connectivity index (χ1n) is 6.62. The Kier molecular flexibility index (Phi) is 3.01. The van der Waals surface area contributed by atoms with Gasteiger partial charge in [-0.1, -0.05) is 6.07 Å². The maximum absolute atomic E-state index is 10.2. The van der Waals surface area contributed by atoms with Crippen molar-refractivity contribution in [3.63, 3.8) is 0 Å². The van der Waals surface area contributed by atoms with Crippen LogP contribution in [0.25, 0.3) is 0 Å². The molecule has 0 saturated carbocycles. The summed E-state index contributed by atoms with van der Waals surface area (Å²) in [4.78, 5) is 3.99. The second kappa shape index (κ2) is 4.38. The van der Waals surface area contributed by atoms with Gasteiger partial charge in [-0.3, -0.25) is 0 Å². The van der Waals surface area contributed by atoms with Crippen molar-refractivity contribution in [2.75, 3.05) is 7.05 Å². The molecular weight excluding hydrogens is 230 g/mol. The predicted molar refractivity (Wildman–Crippen MR) is 71.4 cm³/mol. The van der Waals surface area contributed by atoms with Crippen molar-refractivity contribution in [3.05, 3.63) is 22.4 Å². The quantitative estimate of drug-likeness (QED) is 0.873. The molecule has 3 heterocycles. The molecule has 1 aromatic heterocycles. The molecule has 0 aromatic carbocycles. The zero-order valence-corrected chi connectivity index (χ0v) is 11.4. The molecule has 2 aliphatic rings. The van der Waals surface area contributed by atoms with Crippen LogP contribution in [0.4, 0.5) is 0 Å². The zero-order chi connectivity index (χ0) is 12.0. The van der Waals surface area contributed by atoms with Crippen molar-refractivity contribution in [3.8, 4) is 0 Å². The molecule has 2 bridgehead atoms. The van der Waals surface area contributed by atoms with Crippen LogP contribution in [0, 0.1) is 5.92 Å². The normalized spacial score (nSPS) is 39.5. The summed E-state index contributed by atoms with van der Waals surface area (Å²) in [6.07, 6.45) is 3.60. The Labute approximate surface area is 107 Å². The molecule has 2 nitrogen and oxygen atoms in total. The Hall–Kier alpha value is -0.380. The van der Waals surface area contributed by atoms with Gasteiger partial charge in [-0.2, -0.15) is 0 Å². The van der Waals surface area contributed by atoms with E-state index in [0.717, 1.165) is 6.04 Å². The van der Waals surface area contributed by atoms with E-state index in [-0.39, 0.29) is 6.10 Å². The molecule has 17 heavy (non-hydrogen) atoms. The van der Waals surface area contributed by atoms with E-state index in [1.165, 1.54) is 24.1 Å². The van der Waals surface area contributed by atoms with Gasteiger partial charge in [-0.15, -0.1) is 11.3 Å². The molecule has 0 spiro atoms. The molecule has 2 aliphatic heterocycles. The second-order valence-electron chi connectivity index (χ2n) is 5.64. The number of rotatable bonds is 2. The molecule has 1 aromatic rings. The first-order valence-corrected chi connectivity index (χ1v) is 7.50. The second-order valence-corrected chi connectivity index (χ2v) is 6.62. The van der Waals surface area contributed by atoms with Crippen LogP contribution < -0.4 is 0 Å². The van der Waals surface area contributed by atoms with Crippen LogP contribution in [0.3, 0.4) is 0 Å². The molecule has 3 heteroatoms. The summed E-state index contributed by atoms with van der Waals surface area (Å²) in [6, 6.07) is 5.71. The molecule has 94 valence electrons. The van der Waals surface area contributed by atoms with Crippen molar-refractivity contribution < 1.29 is 5.11 Å². The molecule has 0 radical (unpaired) electrons. The number of thiophene rings is 1. The van der Waals surface area contributed by atoms with Gasteiger partial charge in [0.1, 0.15) is 0 Å². The summed E-state index contributed by atoms with van der Waals surface area (Å²) in [5.74, 6) is 0.987. The van der Waals surface area contributed by atoms with Crippen molar-refractivity contribution in [1.29, 1.82) is 0 Å². The van der Waals surface area contributed by atoms with Gasteiger partial charge >= 0.3 is 0 Å². The first-order chi connectivity index (χ1) is 8.18. The Balaban J connectivity index is 1.93. The van der Waals surface area contributed by atoms with Gasteiger partial charge < -0.3 is 10.0 Å². The highest BCUT2D eigenvalue weighted by molar-refractivity contribution is 7.10. The first kappa shape index (κ1) is 11.7. The third kappa shape index (κ3) is 1.85. The number of hydrogen-bond acceptors (Lipinski definition) is 3. The molecule has 3 unspecified atom stereocenters. The van der Waals surface area contributed by atoms with E-state index < -0.39 is 0 Å². The van der Waals surface area contributed by atoms with E-state index in [9.17, 15) is 5.11 Å². The minimum atomic E-state index is -0.200. The van der Waals surface area contributed by atoms with E-state index in [1.807, 2.05) is 18.3 Å². The molecule has 2 fully saturated rings. The maximum atomic E-state index is 10.2. The van der Waals surface area contributed by atoms with Crippen LogP contribution in [-0.4, -0.2) is 35.2 Å². The summed E-state index contributed by atoms with van der Waals surface area (Å²) >= 11 is 1.85. The summed E-state index contributed by atoms with van der Waals surface area (Å²) in [5.41, 5.74) is 0. The Morgan fingerprint density at radius 2 is 2.29 bits per heavy atom. The van der Waals surface area contributed by atoms with Crippen LogP contribution in [0.5, 0.6) is 0 Å². The fourth-order valence-corrected chi connectivity index (χ4v) is 4.87. The van der Waals surface area contributed by atoms with Crippen molar-refractivity contribution >= 4 is 11.3 Å². The van der Waals surface area contributed by atoms with Gasteiger partial charge in [0.25, 0.3) is 0 Å². The molecule has 1 N–H and O–H groups in total. The van der Waals surface area contributed by atoms with E-state index in [4.69, 9.17) is 0 Å². The molecule has 2 saturated heterocycles. The van der Waals surface area contributed by atoms with E-state index in [1.54, 1.807) is 0 Å². The lowest BCUT2D eigenvalue weighted by atomic mass is 9.76. The average Bonchev–Trinajstić information content (AvgIpc) is 2.86. The summed E-state index contributed by atoms with van der Waals surface area (Å²) in [5, 5.41) is 12.3. The number of hydrogen-bond donors (Lipinski definition) is 1. The van der Waals surface area contributed by atoms with Gasteiger partial charge in [0, 0.05) is 28.8 Å². The lowest BCUT2D eigenvalue weighted by molar-refractivity contribution is 0.0146. The third-order valence-electron chi connectivity index (χ3n) is 4.80. The fourth-order valence-electron chi connectivity index (χ4n) is 3.97. The number of nitrogens with zero attached hydrogens (tertiary/aromatic N) is 1. The molecular formula is C14H21NOS. The number of piperidine rings is 1. The highest BCUT2D eigenvalue weighted by Crippen LogP contribution is 2.48. The molecule has 0 amide bonds. The van der Waals surface area contributed by atoms with Crippen molar-refractivity contribution in [2.24, 2.45) is 5.92 Å². The van der Waals surface area contributed by atoms with Gasteiger partial charge in [0.2, 0.25) is 0 Å². The summed E-state index contributed by atoms with van der Waals surface area (Å²) < 4.78 is 0. The Morgan fingerprint density at radius 1 is 1.47 bits per heavy atom. The SMILES string of the molecule is CC(O)[C@H]1C2CCC(C[C@@H]1c1cccs1)N2C. The van der Waals surface area contributed by atoms with Crippen LogP contribution in [0.1, 0.15) is 37.0 Å². The standard InChI is InChI=1S/C14H21NOS/c1-9(16)14-11(13-4-3-7-17-13)8-10-5-6-12(14)15(10)2/h3-4,7,9-12,14,16H,5-6,8H2,1-2H3/t9?,10?,11-,12?,14-/m1/s1. The van der Waals surface area contributed by atoms with Gasteiger partial charge in [-0.25, -0.2) is 0 Å². The average molecular weight is 251 g/mol. The van der Waals surface area contributed by atoms with Gasteiger partial charge in [-0.05, 0) is 44.7 Å². The van der Waals surface area contributed by atoms with Gasteiger partial charge in [0.05, 0.1) is 6.10 Å². The highest BCUT2D eigenvalue weighted by atomic mass is 32.1. The Bertz CT molecular complexity index is 376. The number of fused-ring (bicyclic) bond motifs is 2. The predicted octanol–water partition coefficient (Wildman–Crippen LogP) is 2.70. The topological polar surface area (TPSA) is 23.5 Å². The fraction of sp³-hybridized carbons (Fsp3) is 0.714. The lowest BCUT2D eigenvalue weighted by Gasteiger charge is -2.44. The monoisotopic (exact) mass is 251 g/mol. The number of aliphatic hydroxyl groups excluding tert-OH is 1. The van der Waals surface area contributed by atoms with E-state index in [0.29, 0.717) is 17.9 Å². The van der Waals surface area contributed by atoms with Gasteiger partial charge in [0.15, 0.2) is 0 Å². The summed E-state index contributed by atoms with van der Waals surface area (Å²) in [6.45, 7) is 1.97. The summed E-state index contributed by atoms with van der Waals surface area (Å²) in [7, 11) is 2.24. The molecule has 0 aliphatic carbocycles. The van der Waals surface area contributed by atoms with Crippen LogP contribution in [-0.2, 0) is 0 Å². The van der Waals surface area contributed by atoms with Crippen LogP contribution >= 0.6 is 11.3 Å². The zero-order valence-electron chi connectivity index (χ0n) is 10.5. The smallest absolute Gasteiger partial charge is 0.0561 e. The largest absolute Gasteiger partial charge is 0.393 e. The lowest BCUT2D eigenvalue weighted by Crippen LogP contribution is -2.49. The van der Waals surface area contributed by atoms with E-state index >= 15 is 0 Å². The maximum Gasteiger partial charge on any atom is 0.0561 e. The van der Waals surface area contributed by atoms with Crippen LogP contribution in [0.15, 0.2) is 17.5 Å². The minimum absolute atomic E-state index is 0.200. The molecule has 5 atom stereocenters. The van der Waals surface area contributed by atoms with E-state index in [2.05, 4.69) is 29.5 Å².